The predicted octanol–water partition coefficient (Wildman–Crippen LogP) is 2.41. The zero-order chi connectivity index (χ0) is 13.0. The lowest BCUT2D eigenvalue weighted by Gasteiger charge is -2.11. The Morgan fingerprint density at radius 1 is 1.47 bits per heavy atom. The van der Waals surface area contributed by atoms with E-state index in [1.54, 1.807) is 6.92 Å². The molecular weight excluding hydrogens is 224 g/mol. The van der Waals surface area contributed by atoms with Crippen molar-refractivity contribution in [3.63, 3.8) is 0 Å². The summed E-state index contributed by atoms with van der Waals surface area (Å²) in [7, 11) is 0. The van der Waals surface area contributed by atoms with Crippen LogP contribution in [0.2, 0.25) is 0 Å². The Morgan fingerprint density at radius 3 is 2.65 bits per heavy atom. The molecule has 1 rings (SSSR count). The van der Waals surface area contributed by atoms with Crippen molar-refractivity contribution < 1.29 is 13.6 Å². The molecule has 0 bridgehead atoms. The van der Waals surface area contributed by atoms with Crippen LogP contribution >= 0.6 is 0 Å². The summed E-state index contributed by atoms with van der Waals surface area (Å²) in [6.07, 6.45) is 5.73. The van der Waals surface area contributed by atoms with Crippen LogP contribution in [0.25, 0.3) is 0 Å². The van der Waals surface area contributed by atoms with Crippen LogP contribution in [0.5, 0.6) is 0 Å². The van der Waals surface area contributed by atoms with Gasteiger partial charge >= 0.3 is 0 Å². The first-order valence-electron chi connectivity index (χ1n) is 5.22. The molecule has 17 heavy (non-hydrogen) atoms. The Morgan fingerprint density at radius 2 is 2.12 bits per heavy atom. The first kappa shape index (κ1) is 13.2. The van der Waals surface area contributed by atoms with Gasteiger partial charge in [0.2, 0.25) is 0 Å². The summed E-state index contributed by atoms with van der Waals surface area (Å²) in [4.78, 5) is 11.7. The Hall–Kier alpha value is -1.89. The van der Waals surface area contributed by atoms with Crippen LogP contribution in [-0.4, -0.2) is 11.9 Å². The van der Waals surface area contributed by atoms with Crippen molar-refractivity contribution in [1.29, 1.82) is 0 Å². The molecule has 0 spiro atoms. The number of aryl methyl sites for hydroxylation is 1. The van der Waals surface area contributed by atoms with Gasteiger partial charge in [-0.25, -0.2) is 8.78 Å². The molecule has 1 aromatic carbocycles. The van der Waals surface area contributed by atoms with Crippen LogP contribution in [0.4, 0.5) is 8.78 Å². The van der Waals surface area contributed by atoms with Crippen LogP contribution in [0.3, 0.4) is 0 Å². The number of amides is 1. The van der Waals surface area contributed by atoms with Crippen molar-refractivity contribution >= 4 is 5.91 Å². The Bertz CT molecular complexity index is 477. The molecule has 0 heterocycles. The predicted molar refractivity (Wildman–Crippen MR) is 61.5 cm³/mol. The van der Waals surface area contributed by atoms with E-state index >= 15 is 0 Å². The Balaban J connectivity index is 2.98. The van der Waals surface area contributed by atoms with Gasteiger partial charge in [-0.05, 0) is 25.0 Å². The molecule has 0 aliphatic rings. The summed E-state index contributed by atoms with van der Waals surface area (Å²) in [6.45, 7) is 3.26. The normalized spacial score (nSPS) is 11.7. The van der Waals surface area contributed by atoms with Gasteiger partial charge in [0, 0.05) is 6.07 Å². The van der Waals surface area contributed by atoms with Gasteiger partial charge in [0.1, 0.15) is 11.6 Å². The molecular formula is C13H13F2NO. The molecule has 0 radical (unpaired) electrons. The highest BCUT2D eigenvalue weighted by Gasteiger charge is 2.16. The monoisotopic (exact) mass is 237 g/mol. The number of rotatable bonds is 3. The smallest absolute Gasteiger partial charge is 0.255 e. The highest BCUT2D eigenvalue weighted by atomic mass is 19.1. The van der Waals surface area contributed by atoms with E-state index < -0.39 is 23.6 Å². The zero-order valence-corrected chi connectivity index (χ0v) is 9.68. The average molecular weight is 237 g/mol. The lowest BCUT2D eigenvalue weighted by molar-refractivity contribution is 0.0941. The first-order valence-corrected chi connectivity index (χ1v) is 5.22. The third-order valence-electron chi connectivity index (χ3n) is 2.41. The second-order valence-corrected chi connectivity index (χ2v) is 3.68. The Labute approximate surface area is 99.0 Å². The quantitative estimate of drug-likeness (QED) is 0.804. The van der Waals surface area contributed by atoms with E-state index in [0.29, 0.717) is 12.5 Å². The van der Waals surface area contributed by atoms with Gasteiger partial charge < -0.3 is 5.32 Å². The Kier molecular flexibility index (Phi) is 4.22. The van der Waals surface area contributed by atoms with E-state index in [1.165, 1.54) is 13.0 Å². The molecule has 2 nitrogen and oxygen atoms in total. The van der Waals surface area contributed by atoms with Crippen molar-refractivity contribution in [3.05, 3.63) is 34.9 Å². The van der Waals surface area contributed by atoms with Crippen LogP contribution in [0.15, 0.2) is 12.1 Å². The number of benzene rings is 1. The molecule has 0 aliphatic heterocycles. The van der Waals surface area contributed by atoms with Gasteiger partial charge in [-0.3, -0.25) is 4.79 Å². The van der Waals surface area contributed by atoms with Crippen molar-refractivity contribution in [2.75, 3.05) is 0 Å². The minimum atomic E-state index is -0.891. The van der Waals surface area contributed by atoms with Gasteiger partial charge in [0.25, 0.3) is 5.91 Å². The lowest BCUT2D eigenvalue weighted by atomic mass is 10.1. The fourth-order valence-electron chi connectivity index (χ4n) is 1.33. The zero-order valence-electron chi connectivity index (χ0n) is 9.68. The minimum Gasteiger partial charge on any atom is -0.338 e. The van der Waals surface area contributed by atoms with Crippen molar-refractivity contribution in [3.8, 4) is 12.3 Å². The first-order chi connectivity index (χ1) is 7.99. The SMILES string of the molecule is C#CC(CC)NC(=O)c1cc(C)c(F)cc1F. The van der Waals surface area contributed by atoms with Crippen molar-refractivity contribution in [2.45, 2.75) is 26.3 Å². The molecule has 1 aromatic rings. The molecule has 0 saturated heterocycles. The number of carbonyl (C=O) groups excluding carboxylic acids is 1. The van der Waals surface area contributed by atoms with E-state index in [0.717, 1.165) is 0 Å². The topological polar surface area (TPSA) is 29.1 Å². The maximum Gasteiger partial charge on any atom is 0.255 e. The number of nitrogens with one attached hydrogen (secondary N) is 1. The minimum absolute atomic E-state index is 0.197. The van der Waals surface area contributed by atoms with Crippen molar-refractivity contribution in [1.82, 2.24) is 5.32 Å². The highest BCUT2D eigenvalue weighted by molar-refractivity contribution is 5.95. The second kappa shape index (κ2) is 5.44. The maximum atomic E-state index is 13.4. The molecule has 0 saturated carbocycles. The molecule has 1 amide bonds. The summed E-state index contributed by atoms with van der Waals surface area (Å²) in [6, 6.07) is 1.41. The summed E-state index contributed by atoms with van der Waals surface area (Å²) >= 11 is 0. The molecule has 0 aliphatic carbocycles. The van der Waals surface area contributed by atoms with Crippen LogP contribution in [-0.2, 0) is 0 Å². The third-order valence-corrected chi connectivity index (χ3v) is 2.41. The molecule has 0 aromatic heterocycles. The summed E-state index contributed by atoms with van der Waals surface area (Å²) in [5.74, 6) is 0.171. The van der Waals surface area contributed by atoms with Crippen LogP contribution in [0.1, 0.15) is 29.3 Å². The van der Waals surface area contributed by atoms with Gasteiger partial charge in [-0.1, -0.05) is 12.8 Å². The summed E-state index contributed by atoms with van der Waals surface area (Å²) in [5, 5.41) is 2.48. The highest BCUT2D eigenvalue weighted by Crippen LogP contribution is 2.14. The molecule has 0 fully saturated rings. The third kappa shape index (κ3) is 3.04. The molecule has 1 atom stereocenters. The second-order valence-electron chi connectivity index (χ2n) is 3.68. The number of hydrogen-bond acceptors (Lipinski definition) is 1. The van der Waals surface area contributed by atoms with E-state index in [-0.39, 0.29) is 11.1 Å². The largest absolute Gasteiger partial charge is 0.338 e. The van der Waals surface area contributed by atoms with E-state index in [9.17, 15) is 13.6 Å². The van der Waals surface area contributed by atoms with E-state index in [1.807, 2.05) is 0 Å². The number of hydrogen-bond donors (Lipinski definition) is 1. The number of carbonyl (C=O) groups is 1. The van der Waals surface area contributed by atoms with Gasteiger partial charge in [-0.15, -0.1) is 6.42 Å². The molecule has 1 unspecified atom stereocenters. The van der Waals surface area contributed by atoms with E-state index in [2.05, 4.69) is 11.2 Å². The lowest BCUT2D eigenvalue weighted by Crippen LogP contribution is -2.33. The summed E-state index contributed by atoms with van der Waals surface area (Å²) in [5.41, 5.74) is 0.0166. The maximum absolute atomic E-state index is 13.4. The van der Waals surface area contributed by atoms with Crippen LogP contribution in [0, 0.1) is 30.9 Å². The number of halogens is 2. The summed E-state index contributed by atoms with van der Waals surface area (Å²) < 4.78 is 26.4. The van der Waals surface area contributed by atoms with Gasteiger partial charge in [0.05, 0.1) is 11.6 Å². The fraction of sp³-hybridized carbons (Fsp3) is 0.308. The van der Waals surface area contributed by atoms with Crippen molar-refractivity contribution in [2.24, 2.45) is 0 Å². The van der Waals surface area contributed by atoms with Crippen LogP contribution < -0.4 is 5.32 Å². The molecule has 1 N–H and O–H groups in total. The van der Waals surface area contributed by atoms with Gasteiger partial charge in [-0.2, -0.15) is 0 Å². The van der Waals surface area contributed by atoms with Gasteiger partial charge in [0.15, 0.2) is 0 Å². The van der Waals surface area contributed by atoms with E-state index in [4.69, 9.17) is 6.42 Å². The number of terminal acetylenes is 1. The standard InChI is InChI=1S/C13H13F2NO/c1-4-9(5-2)16-13(17)10-6-8(3)11(14)7-12(10)15/h1,6-7,9H,5H2,2-3H3,(H,16,17). The molecule has 4 heteroatoms. The average Bonchev–Trinajstić information content (AvgIpc) is 2.30. The molecule has 90 valence electrons. The fourth-order valence-corrected chi connectivity index (χ4v) is 1.33.